The summed E-state index contributed by atoms with van der Waals surface area (Å²) in [5.74, 6) is 0.991. The molecule has 2 N–H and O–H groups in total. The minimum atomic E-state index is -0.462. The third-order valence-corrected chi connectivity index (χ3v) is 4.98. The van der Waals surface area contributed by atoms with Gasteiger partial charge in [0.2, 0.25) is 5.91 Å². The van der Waals surface area contributed by atoms with Gasteiger partial charge >= 0.3 is 0 Å². The lowest BCUT2D eigenvalue weighted by molar-refractivity contribution is -0.121. The maximum absolute atomic E-state index is 12.6. The first-order chi connectivity index (χ1) is 13.6. The van der Waals surface area contributed by atoms with E-state index in [1.165, 1.54) is 11.3 Å². The Kier molecular flexibility index (Phi) is 6.44. The number of para-hydroxylation sites is 1. The fourth-order valence-electron chi connectivity index (χ4n) is 2.86. The first kappa shape index (κ1) is 19.6. The minimum absolute atomic E-state index is 0.159. The van der Waals surface area contributed by atoms with Crippen LogP contribution in [-0.4, -0.2) is 35.0 Å². The number of nitrogens with one attached hydrogen (secondary N) is 2. The van der Waals surface area contributed by atoms with Gasteiger partial charge < -0.3 is 19.9 Å². The number of carbonyl (C=O) groups is 2. The van der Waals surface area contributed by atoms with Crippen molar-refractivity contribution >= 4 is 23.2 Å². The van der Waals surface area contributed by atoms with E-state index in [1.807, 2.05) is 47.5 Å². The summed E-state index contributed by atoms with van der Waals surface area (Å²) in [6, 6.07) is 8.80. The van der Waals surface area contributed by atoms with Gasteiger partial charge in [-0.05, 0) is 17.5 Å². The van der Waals surface area contributed by atoms with E-state index in [9.17, 15) is 9.59 Å². The van der Waals surface area contributed by atoms with E-state index in [1.54, 1.807) is 24.8 Å². The molecule has 0 saturated heterocycles. The Balaban J connectivity index is 1.68. The van der Waals surface area contributed by atoms with Crippen molar-refractivity contribution in [2.45, 2.75) is 12.5 Å². The molecule has 28 heavy (non-hydrogen) atoms. The highest BCUT2D eigenvalue weighted by molar-refractivity contribution is 7.08. The van der Waals surface area contributed by atoms with Crippen molar-refractivity contribution in [3.05, 3.63) is 70.4 Å². The zero-order valence-corrected chi connectivity index (χ0v) is 16.5. The lowest BCUT2D eigenvalue weighted by atomic mass is 10.0. The molecular formula is C20H22N4O3S. The molecule has 1 aromatic carbocycles. The quantitative estimate of drug-likeness (QED) is 0.611. The predicted octanol–water partition coefficient (Wildman–Crippen LogP) is 2.52. The molecule has 0 spiro atoms. The highest BCUT2D eigenvalue weighted by atomic mass is 32.1. The second-order valence-electron chi connectivity index (χ2n) is 6.16. The molecule has 1 atom stereocenters. The number of nitrogens with zero attached hydrogens (tertiary/aromatic N) is 2. The summed E-state index contributed by atoms with van der Waals surface area (Å²) in [5, 5.41) is 9.38. The molecule has 0 aliphatic rings. The number of aryl methyl sites for hydroxylation is 1. The van der Waals surface area contributed by atoms with Crippen LogP contribution in [0.15, 0.2) is 53.5 Å². The summed E-state index contributed by atoms with van der Waals surface area (Å²) in [5.41, 5.74) is 1.42. The topological polar surface area (TPSA) is 85.2 Å². The number of thiophene rings is 1. The highest BCUT2D eigenvalue weighted by Crippen LogP contribution is 2.29. The Bertz CT molecular complexity index is 937. The van der Waals surface area contributed by atoms with Crippen molar-refractivity contribution in [2.24, 2.45) is 7.05 Å². The Labute approximate surface area is 167 Å². The maximum Gasteiger partial charge on any atom is 0.252 e. The molecule has 0 radical (unpaired) electrons. The van der Waals surface area contributed by atoms with Gasteiger partial charge in [0.15, 0.2) is 0 Å². The number of aromatic nitrogens is 2. The minimum Gasteiger partial charge on any atom is -0.496 e. The van der Waals surface area contributed by atoms with Crippen LogP contribution in [0.5, 0.6) is 5.75 Å². The Hall–Kier alpha value is -3.13. The van der Waals surface area contributed by atoms with Crippen molar-refractivity contribution < 1.29 is 14.3 Å². The van der Waals surface area contributed by atoms with Crippen LogP contribution in [0.4, 0.5) is 0 Å². The number of hydrogen-bond donors (Lipinski definition) is 2. The lowest BCUT2D eigenvalue weighted by Crippen LogP contribution is -2.34. The number of benzene rings is 1. The van der Waals surface area contributed by atoms with E-state index >= 15 is 0 Å². The summed E-state index contributed by atoms with van der Waals surface area (Å²) >= 11 is 1.46. The summed E-state index contributed by atoms with van der Waals surface area (Å²) in [4.78, 5) is 28.9. The number of imidazole rings is 1. The third-order valence-electron chi connectivity index (χ3n) is 4.29. The monoisotopic (exact) mass is 398 g/mol. The van der Waals surface area contributed by atoms with E-state index in [0.29, 0.717) is 17.1 Å². The fourth-order valence-corrected chi connectivity index (χ4v) is 3.50. The summed E-state index contributed by atoms with van der Waals surface area (Å²) < 4.78 is 7.31. The van der Waals surface area contributed by atoms with E-state index in [2.05, 4.69) is 15.6 Å². The lowest BCUT2D eigenvalue weighted by Gasteiger charge is -2.21. The van der Waals surface area contributed by atoms with E-state index in [4.69, 9.17) is 4.74 Å². The van der Waals surface area contributed by atoms with Crippen LogP contribution in [0.2, 0.25) is 0 Å². The van der Waals surface area contributed by atoms with Crippen LogP contribution < -0.4 is 15.4 Å². The van der Waals surface area contributed by atoms with Gasteiger partial charge in [-0.1, -0.05) is 18.2 Å². The second-order valence-corrected chi connectivity index (χ2v) is 6.94. The van der Waals surface area contributed by atoms with E-state index in [-0.39, 0.29) is 24.8 Å². The molecule has 8 heteroatoms. The van der Waals surface area contributed by atoms with Crippen molar-refractivity contribution in [2.75, 3.05) is 13.7 Å². The van der Waals surface area contributed by atoms with Crippen LogP contribution in [0, 0.1) is 0 Å². The molecule has 0 aliphatic heterocycles. The number of amides is 2. The summed E-state index contributed by atoms with van der Waals surface area (Å²) in [6.45, 7) is 0.250. The van der Waals surface area contributed by atoms with Crippen LogP contribution >= 0.6 is 11.3 Å². The molecule has 146 valence electrons. The molecule has 2 amide bonds. The zero-order chi connectivity index (χ0) is 19.9. The third kappa shape index (κ3) is 4.58. The smallest absolute Gasteiger partial charge is 0.252 e. The van der Waals surface area contributed by atoms with E-state index in [0.717, 1.165) is 5.56 Å². The molecule has 0 fully saturated rings. The van der Waals surface area contributed by atoms with Crippen molar-refractivity contribution in [1.29, 1.82) is 0 Å². The SMILES string of the molecule is COc1ccccc1C(NC(=O)CCNC(=O)c1ccsc1)c1nccn1C. The maximum atomic E-state index is 12.6. The molecule has 2 aromatic heterocycles. The van der Waals surface area contributed by atoms with E-state index < -0.39 is 6.04 Å². The van der Waals surface area contributed by atoms with Crippen molar-refractivity contribution in [3.63, 3.8) is 0 Å². The number of rotatable bonds is 8. The number of methoxy groups -OCH3 is 1. The number of ether oxygens (including phenoxy) is 1. The molecule has 0 bridgehead atoms. The Morgan fingerprint density at radius 2 is 2.11 bits per heavy atom. The summed E-state index contributed by atoms with van der Waals surface area (Å²) in [7, 11) is 3.47. The summed E-state index contributed by atoms with van der Waals surface area (Å²) in [6.07, 6.45) is 3.67. The van der Waals surface area contributed by atoms with Crippen molar-refractivity contribution in [3.8, 4) is 5.75 Å². The average molecular weight is 398 g/mol. The van der Waals surface area contributed by atoms with Gasteiger partial charge in [-0.3, -0.25) is 9.59 Å². The molecular weight excluding hydrogens is 376 g/mol. The molecule has 3 aromatic rings. The molecule has 0 saturated carbocycles. The van der Waals surface area contributed by atoms with Gasteiger partial charge in [0, 0.05) is 48.9 Å². The van der Waals surface area contributed by atoms with Crippen LogP contribution in [-0.2, 0) is 11.8 Å². The fraction of sp³-hybridized carbons (Fsp3) is 0.250. The first-order valence-corrected chi connectivity index (χ1v) is 9.74. The molecule has 1 unspecified atom stereocenters. The standard InChI is InChI=1S/C20H22N4O3S/c1-24-11-10-21-19(24)18(15-5-3-4-6-16(15)27-2)23-17(25)7-9-22-20(26)14-8-12-28-13-14/h3-6,8,10-13,18H,7,9H2,1-2H3,(H,22,26)(H,23,25). The molecule has 7 nitrogen and oxygen atoms in total. The molecule has 0 aliphatic carbocycles. The van der Waals surface area contributed by atoms with Crippen LogP contribution in [0.25, 0.3) is 0 Å². The van der Waals surface area contributed by atoms with Crippen molar-refractivity contribution in [1.82, 2.24) is 20.2 Å². The highest BCUT2D eigenvalue weighted by Gasteiger charge is 2.23. The van der Waals surface area contributed by atoms with Gasteiger partial charge in [-0.2, -0.15) is 11.3 Å². The van der Waals surface area contributed by atoms with Crippen LogP contribution in [0.1, 0.15) is 34.2 Å². The first-order valence-electron chi connectivity index (χ1n) is 8.80. The largest absolute Gasteiger partial charge is 0.496 e. The van der Waals surface area contributed by atoms with Gasteiger partial charge in [0.1, 0.15) is 17.6 Å². The molecule has 3 rings (SSSR count). The van der Waals surface area contributed by atoms with Gasteiger partial charge in [0.05, 0.1) is 7.11 Å². The Morgan fingerprint density at radius 1 is 1.29 bits per heavy atom. The zero-order valence-electron chi connectivity index (χ0n) is 15.7. The van der Waals surface area contributed by atoms with Gasteiger partial charge in [0.25, 0.3) is 5.91 Å². The predicted molar refractivity (Wildman–Crippen MR) is 107 cm³/mol. The second kappa shape index (κ2) is 9.18. The normalized spacial score (nSPS) is 11.6. The molecule has 2 heterocycles. The number of carbonyl (C=O) groups excluding carboxylic acids is 2. The Morgan fingerprint density at radius 3 is 2.79 bits per heavy atom. The van der Waals surface area contributed by atoms with Crippen LogP contribution in [0.3, 0.4) is 0 Å². The van der Waals surface area contributed by atoms with Gasteiger partial charge in [-0.25, -0.2) is 4.98 Å². The van der Waals surface area contributed by atoms with Gasteiger partial charge in [-0.15, -0.1) is 0 Å². The average Bonchev–Trinajstić information content (AvgIpc) is 3.38. The number of hydrogen-bond acceptors (Lipinski definition) is 5.